The van der Waals surface area contributed by atoms with Crippen molar-refractivity contribution in [2.45, 2.75) is 25.7 Å². The van der Waals surface area contributed by atoms with Crippen LogP contribution in [0.15, 0.2) is 11.6 Å². The van der Waals surface area contributed by atoms with Crippen LogP contribution in [0.1, 0.15) is 25.7 Å². The third kappa shape index (κ3) is 1.31. The van der Waals surface area contributed by atoms with Crippen molar-refractivity contribution < 1.29 is 9.59 Å². The van der Waals surface area contributed by atoms with E-state index >= 15 is 0 Å². The fourth-order valence-electron chi connectivity index (χ4n) is 2.68. The molecule has 0 bridgehead atoms. The lowest BCUT2D eigenvalue weighted by Crippen LogP contribution is -2.30. The average Bonchev–Trinajstić information content (AvgIpc) is 2.89. The number of hydrogen-bond donors (Lipinski definition) is 0. The smallest absolute Gasteiger partial charge is 0.239 e. The molecule has 1 saturated carbocycles. The summed E-state index contributed by atoms with van der Waals surface area (Å²) in [4.78, 5) is 29.6. The summed E-state index contributed by atoms with van der Waals surface area (Å²) in [5.41, 5.74) is 0. The molecule has 2 heterocycles. The first kappa shape index (κ1) is 9.96. The molecular formula is C11H12N2O2S. The van der Waals surface area contributed by atoms with Crippen LogP contribution in [0.3, 0.4) is 0 Å². The Balaban J connectivity index is 1.96. The van der Waals surface area contributed by atoms with Crippen molar-refractivity contribution in [1.29, 1.82) is 0 Å². The molecule has 5 heteroatoms. The lowest BCUT2D eigenvalue weighted by molar-refractivity contribution is -0.122. The molecule has 0 unspecified atom stereocenters. The molecule has 1 aliphatic carbocycles. The number of imide groups is 1. The fourth-order valence-corrected chi connectivity index (χ4v) is 3.33. The molecular weight excluding hydrogens is 224 g/mol. The zero-order valence-electron chi connectivity index (χ0n) is 8.76. The third-order valence-corrected chi connectivity index (χ3v) is 4.21. The first-order valence-electron chi connectivity index (χ1n) is 5.56. The van der Waals surface area contributed by atoms with E-state index in [0.29, 0.717) is 5.13 Å². The summed E-state index contributed by atoms with van der Waals surface area (Å²) in [6.45, 7) is 0. The fraction of sp³-hybridized carbons (Fsp3) is 0.545. The highest BCUT2D eigenvalue weighted by Gasteiger charge is 2.49. The second kappa shape index (κ2) is 3.66. The Morgan fingerprint density at radius 1 is 1.19 bits per heavy atom. The van der Waals surface area contributed by atoms with Gasteiger partial charge in [-0.1, -0.05) is 12.8 Å². The van der Waals surface area contributed by atoms with Gasteiger partial charge in [0.2, 0.25) is 11.8 Å². The van der Waals surface area contributed by atoms with Crippen LogP contribution in [0.2, 0.25) is 0 Å². The number of carbonyl (C=O) groups excluding carboxylic acids is 2. The largest absolute Gasteiger partial charge is 0.274 e. The van der Waals surface area contributed by atoms with E-state index in [2.05, 4.69) is 4.98 Å². The summed E-state index contributed by atoms with van der Waals surface area (Å²) in [7, 11) is 0. The van der Waals surface area contributed by atoms with Crippen LogP contribution in [-0.4, -0.2) is 16.8 Å². The van der Waals surface area contributed by atoms with Crippen molar-refractivity contribution in [3.63, 3.8) is 0 Å². The van der Waals surface area contributed by atoms with Crippen molar-refractivity contribution in [1.82, 2.24) is 4.98 Å². The van der Waals surface area contributed by atoms with Crippen LogP contribution in [0.5, 0.6) is 0 Å². The molecule has 4 nitrogen and oxygen atoms in total. The highest BCUT2D eigenvalue weighted by molar-refractivity contribution is 7.14. The van der Waals surface area contributed by atoms with Gasteiger partial charge in [0.25, 0.3) is 0 Å². The van der Waals surface area contributed by atoms with E-state index < -0.39 is 0 Å². The van der Waals surface area contributed by atoms with Crippen LogP contribution in [0.4, 0.5) is 5.13 Å². The van der Waals surface area contributed by atoms with Crippen LogP contribution < -0.4 is 4.90 Å². The normalized spacial score (nSPS) is 29.6. The lowest BCUT2D eigenvalue weighted by atomic mass is 9.81. The first-order chi connectivity index (χ1) is 7.79. The average molecular weight is 236 g/mol. The molecule has 0 radical (unpaired) electrons. The number of nitrogens with zero attached hydrogens (tertiary/aromatic N) is 2. The van der Waals surface area contributed by atoms with E-state index in [1.54, 1.807) is 11.6 Å². The highest BCUT2D eigenvalue weighted by atomic mass is 32.1. The second-order valence-electron chi connectivity index (χ2n) is 4.32. The van der Waals surface area contributed by atoms with Crippen molar-refractivity contribution in [3.05, 3.63) is 11.6 Å². The van der Waals surface area contributed by atoms with Gasteiger partial charge in [0, 0.05) is 11.6 Å². The third-order valence-electron chi connectivity index (χ3n) is 3.45. The monoisotopic (exact) mass is 236 g/mol. The van der Waals surface area contributed by atoms with Crippen LogP contribution >= 0.6 is 11.3 Å². The number of hydrogen-bond acceptors (Lipinski definition) is 4. The first-order valence-corrected chi connectivity index (χ1v) is 6.44. The Kier molecular flexibility index (Phi) is 2.28. The van der Waals surface area contributed by atoms with Crippen molar-refractivity contribution in [2.75, 3.05) is 4.90 Å². The molecule has 2 fully saturated rings. The van der Waals surface area contributed by atoms with E-state index in [1.807, 2.05) is 0 Å². The predicted octanol–water partition coefficient (Wildman–Crippen LogP) is 1.82. The van der Waals surface area contributed by atoms with Gasteiger partial charge in [-0.2, -0.15) is 0 Å². The van der Waals surface area contributed by atoms with E-state index in [4.69, 9.17) is 0 Å². The van der Waals surface area contributed by atoms with Gasteiger partial charge in [0.15, 0.2) is 5.13 Å². The second-order valence-corrected chi connectivity index (χ2v) is 5.20. The molecule has 84 valence electrons. The molecule has 2 amide bonds. The van der Waals surface area contributed by atoms with E-state index in [1.165, 1.54) is 16.2 Å². The van der Waals surface area contributed by atoms with Gasteiger partial charge in [-0.3, -0.25) is 9.59 Å². The molecule has 1 aromatic heterocycles. The van der Waals surface area contributed by atoms with Crippen molar-refractivity contribution in [3.8, 4) is 0 Å². The maximum absolute atomic E-state index is 12.1. The van der Waals surface area contributed by atoms with Gasteiger partial charge in [0.1, 0.15) is 0 Å². The van der Waals surface area contributed by atoms with Crippen LogP contribution in [-0.2, 0) is 9.59 Å². The summed E-state index contributed by atoms with van der Waals surface area (Å²) in [5, 5.41) is 2.32. The SMILES string of the molecule is O=C1[C@H]2CCCC[C@@H]2C(=O)N1c1nccs1. The molecule has 1 aromatic rings. The van der Waals surface area contributed by atoms with Gasteiger partial charge >= 0.3 is 0 Å². The van der Waals surface area contributed by atoms with E-state index in [-0.39, 0.29) is 23.7 Å². The van der Waals surface area contributed by atoms with Crippen molar-refractivity contribution >= 4 is 28.3 Å². The van der Waals surface area contributed by atoms with Gasteiger partial charge < -0.3 is 0 Å². The number of anilines is 1. The van der Waals surface area contributed by atoms with Crippen LogP contribution in [0.25, 0.3) is 0 Å². The Labute approximate surface area is 97.3 Å². The van der Waals surface area contributed by atoms with Gasteiger partial charge in [-0.25, -0.2) is 9.88 Å². The molecule has 0 N–H and O–H groups in total. The number of amides is 2. The molecule has 2 aliphatic rings. The zero-order valence-corrected chi connectivity index (χ0v) is 9.57. The Morgan fingerprint density at radius 3 is 2.31 bits per heavy atom. The van der Waals surface area contributed by atoms with E-state index in [9.17, 15) is 9.59 Å². The molecule has 2 atom stereocenters. The highest BCUT2D eigenvalue weighted by Crippen LogP contribution is 2.40. The summed E-state index contributed by atoms with van der Waals surface area (Å²) in [6.07, 6.45) is 5.47. The maximum Gasteiger partial charge on any atom is 0.239 e. The molecule has 1 saturated heterocycles. The minimum absolute atomic E-state index is 0.0374. The van der Waals surface area contributed by atoms with E-state index in [0.717, 1.165) is 25.7 Å². The van der Waals surface area contributed by atoms with Gasteiger partial charge in [-0.15, -0.1) is 11.3 Å². The Morgan fingerprint density at radius 2 is 1.81 bits per heavy atom. The zero-order chi connectivity index (χ0) is 11.1. The topological polar surface area (TPSA) is 50.3 Å². The quantitative estimate of drug-likeness (QED) is 0.699. The molecule has 0 spiro atoms. The minimum Gasteiger partial charge on any atom is -0.274 e. The minimum atomic E-state index is -0.0786. The number of aromatic nitrogens is 1. The Hall–Kier alpha value is -1.23. The predicted molar refractivity (Wildman–Crippen MR) is 60.1 cm³/mol. The summed E-state index contributed by atoms with van der Waals surface area (Å²) in [6, 6.07) is 0. The Bertz CT molecular complexity index is 405. The molecule has 16 heavy (non-hydrogen) atoms. The van der Waals surface area contributed by atoms with Crippen LogP contribution in [0, 0.1) is 11.8 Å². The number of fused-ring (bicyclic) bond motifs is 1. The van der Waals surface area contributed by atoms with Crippen molar-refractivity contribution in [2.24, 2.45) is 11.8 Å². The summed E-state index contributed by atoms with van der Waals surface area (Å²) >= 11 is 1.35. The molecule has 3 rings (SSSR count). The van der Waals surface area contributed by atoms with Gasteiger partial charge in [-0.05, 0) is 12.8 Å². The molecule has 1 aliphatic heterocycles. The lowest BCUT2D eigenvalue weighted by Gasteiger charge is -2.19. The number of carbonyl (C=O) groups is 2. The summed E-state index contributed by atoms with van der Waals surface area (Å²) in [5.74, 6) is -0.232. The van der Waals surface area contributed by atoms with Gasteiger partial charge in [0.05, 0.1) is 11.8 Å². The molecule has 0 aromatic carbocycles. The number of thiazole rings is 1. The standard InChI is InChI=1S/C11H12N2O2S/c14-9-7-3-1-2-4-8(7)10(15)13(9)11-12-5-6-16-11/h5-8H,1-4H2/t7-,8-/m0/s1. The number of rotatable bonds is 1. The summed E-state index contributed by atoms with van der Waals surface area (Å²) < 4.78 is 0. The maximum atomic E-state index is 12.1.